The molecule has 0 saturated carbocycles. The van der Waals surface area contributed by atoms with Gasteiger partial charge in [-0.15, -0.1) is 0 Å². The van der Waals surface area contributed by atoms with Crippen molar-refractivity contribution >= 4 is 27.5 Å². The zero-order valence-electron chi connectivity index (χ0n) is 14.4. The number of benzene rings is 1. The highest BCUT2D eigenvalue weighted by Gasteiger charge is 2.30. The summed E-state index contributed by atoms with van der Waals surface area (Å²) in [5.74, 6) is -0.601. The Kier molecular flexibility index (Phi) is 6.24. The number of nitro benzene ring substituents is 1. The highest BCUT2D eigenvalue weighted by molar-refractivity contribution is 7.94. The number of allylic oxidation sites excluding steroid dienone is 2. The van der Waals surface area contributed by atoms with Crippen LogP contribution >= 0.6 is 0 Å². The summed E-state index contributed by atoms with van der Waals surface area (Å²) in [6.07, 6.45) is 4.48. The van der Waals surface area contributed by atoms with Crippen molar-refractivity contribution in [1.29, 1.82) is 0 Å². The molecule has 1 aliphatic rings. The Morgan fingerprint density at radius 2 is 2.19 bits per heavy atom. The number of amidine groups is 1. The first kappa shape index (κ1) is 20.0. The van der Waals surface area contributed by atoms with Crippen LogP contribution in [0.2, 0.25) is 0 Å². The van der Waals surface area contributed by atoms with Gasteiger partial charge in [-0.05, 0) is 19.1 Å². The van der Waals surface area contributed by atoms with Gasteiger partial charge < -0.3 is 4.74 Å². The van der Waals surface area contributed by atoms with Crippen molar-refractivity contribution in [2.45, 2.75) is 6.92 Å². The van der Waals surface area contributed by atoms with Crippen LogP contribution in [-0.4, -0.2) is 38.3 Å². The third-order valence-electron chi connectivity index (χ3n) is 3.45. The molecule has 2 rings (SSSR count). The molecule has 1 aromatic rings. The monoisotopic (exact) mass is 391 g/mol. The average molecular weight is 391 g/mol. The number of aliphatic imine (C=N–C) groups is 1. The second-order valence-corrected chi connectivity index (χ2v) is 6.91. The molecular formula is C17H17N3O6S. The van der Waals surface area contributed by atoms with Crippen LogP contribution in [0, 0.1) is 10.1 Å². The SMILES string of the molecule is C=CC1=C(/C=C\C)C(=NCCOC(=O)c2cccc([N+](=O)[O-])c2)NS1(=O)=O. The highest BCUT2D eigenvalue weighted by Crippen LogP contribution is 2.22. The van der Waals surface area contributed by atoms with E-state index in [4.69, 9.17) is 4.74 Å². The molecule has 142 valence electrons. The third kappa shape index (κ3) is 4.67. The zero-order valence-corrected chi connectivity index (χ0v) is 15.2. The Hall–Kier alpha value is -3.27. The Morgan fingerprint density at radius 3 is 2.81 bits per heavy atom. The Morgan fingerprint density at radius 1 is 1.44 bits per heavy atom. The van der Waals surface area contributed by atoms with Crippen LogP contribution in [0.4, 0.5) is 5.69 Å². The van der Waals surface area contributed by atoms with Crippen molar-refractivity contribution in [3.8, 4) is 0 Å². The summed E-state index contributed by atoms with van der Waals surface area (Å²) < 4.78 is 31.4. The number of esters is 1. The number of nitrogens with one attached hydrogen (secondary N) is 1. The normalized spacial score (nSPS) is 17.1. The maximum absolute atomic E-state index is 12.0. The summed E-state index contributed by atoms with van der Waals surface area (Å²) in [7, 11) is -3.71. The predicted molar refractivity (Wildman–Crippen MR) is 99.8 cm³/mol. The summed E-state index contributed by atoms with van der Waals surface area (Å²) >= 11 is 0. The molecule has 1 heterocycles. The van der Waals surface area contributed by atoms with E-state index in [1.807, 2.05) is 0 Å². The first-order chi connectivity index (χ1) is 12.8. The van der Waals surface area contributed by atoms with Gasteiger partial charge in [-0.3, -0.25) is 19.8 Å². The number of non-ortho nitro benzene ring substituents is 1. The minimum absolute atomic E-state index is 0.00397. The lowest BCUT2D eigenvalue weighted by Crippen LogP contribution is -2.24. The molecule has 0 bridgehead atoms. The van der Waals surface area contributed by atoms with E-state index < -0.39 is 20.9 Å². The molecule has 1 aromatic carbocycles. The Bertz CT molecular complexity index is 976. The number of nitro groups is 1. The first-order valence-corrected chi connectivity index (χ1v) is 9.27. The van der Waals surface area contributed by atoms with Gasteiger partial charge in [0.2, 0.25) is 0 Å². The van der Waals surface area contributed by atoms with Crippen molar-refractivity contribution < 1.29 is 22.9 Å². The van der Waals surface area contributed by atoms with Crippen molar-refractivity contribution in [2.75, 3.05) is 13.2 Å². The maximum Gasteiger partial charge on any atom is 0.338 e. The molecular weight excluding hydrogens is 374 g/mol. The van der Waals surface area contributed by atoms with Gasteiger partial charge in [-0.25, -0.2) is 13.2 Å². The topological polar surface area (TPSA) is 128 Å². The van der Waals surface area contributed by atoms with Crippen molar-refractivity contribution in [3.63, 3.8) is 0 Å². The lowest BCUT2D eigenvalue weighted by molar-refractivity contribution is -0.384. The number of ether oxygens (including phenoxy) is 1. The molecule has 1 aliphatic heterocycles. The van der Waals surface area contributed by atoms with Crippen molar-refractivity contribution in [1.82, 2.24) is 4.72 Å². The number of carbonyl (C=O) groups is 1. The zero-order chi connectivity index (χ0) is 20.0. The number of carbonyl (C=O) groups excluding carboxylic acids is 1. The fourth-order valence-electron chi connectivity index (χ4n) is 2.29. The van der Waals surface area contributed by atoms with E-state index in [-0.39, 0.29) is 35.1 Å². The largest absolute Gasteiger partial charge is 0.460 e. The van der Waals surface area contributed by atoms with Gasteiger partial charge >= 0.3 is 5.97 Å². The van der Waals surface area contributed by atoms with E-state index in [1.165, 1.54) is 24.3 Å². The molecule has 0 unspecified atom stereocenters. The minimum Gasteiger partial charge on any atom is -0.460 e. The van der Waals surface area contributed by atoms with Crippen LogP contribution in [0.3, 0.4) is 0 Å². The van der Waals surface area contributed by atoms with E-state index in [2.05, 4.69) is 16.3 Å². The molecule has 0 radical (unpaired) electrons. The third-order valence-corrected chi connectivity index (χ3v) is 4.87. The van der Waals surface area contributed by atoms with Gasteiger partial charge in [0.25, 0.3) is 15.7 Å². The summed E-state index contributed by atoms with van der Waals surface area (Å²) in [5.41, 5.74) is 0.197. The number of nitrogens with zero attached hydrogens (tertiary/aromatic N) is 2. The second-order valence-electron chi connectivity index (χ2n) is 5.26. The molecule has 0 fully saturated rings. The second kappa shape index (κ2) is 8.41. The molecule has 27 heavy (non-hydrogen) atoms. The molecule has 0 spiro atoms. The molecule has 0 aliphatic carbocycles. The van der Waals surface area contributed by atoms with Crippen LogP contribution in [0.1, 0.15) is 17.3 Å². The summed E-state index contributed by atoms with van der Waals surface area (Å²) in [5, 5.41) is 10.7. The average Bonchev–Trinajstić information content (AvgIpc) is 2.88. The number of rotatable bonds is 7. The fraction of sp³-hybridized carbons (Fsp3) is 0.176. The van der Waals surface area contributed by atoms with Crippen LogP contribution in [0.15, 0.2) is 64.5 Å². The van der Waals surface area contributed by atoms with Crippen LogP contribution in [-0.2, 0) is 14.8 Å². The lowest BCUT2D eigenvalue weighted by atomic mass is 10.2. The standard InChI is InChI=1S/C17H17N3O6S/c1-3-6-14-15(4-2)27(24,25)19-16(14)18-9-10-26-17(21)12-7-5-8-13(11-12)20(22)23/h3-8,11H,2,9-10H2,1H3,(H,18,19)/b6-3-. The van der Waals surface area contributed by atoms with E-state index >= 15 is 0 Å². The summed E-state index contributed by atoms with van der Waals surface area (Å²) in [4.78, 5) is 26.2. The lowest BCUT2D eigenvalue weighted by Gasteiger charge is -2.04. The van der Waals surface area contributed by atoms with E-state index in [0.717, 1.165) is 6.07 Å². The molecule has 1 N–H and O–H groups in total. The van der Waals surface area contributed by atoms with Crippen LogP contribution in [0.5, 0.6) is 0 Å². The maximum atomic E-state index is 12.0. The van der Waals surface area contributed by atoms with E-state index in [1.54, 1.807) is 19.1 Å². The smallest absolute Gasteiger partial charge is 0.338 e. The number of sulfonamides is 1. The number of hydrogen-bond acceptors (Lipinski definition) is 7. The van der Waals surface area contributed by atoms with E-state index in [0.29, 0.717) is 5.57 Å². The molecule has 0 saturated heterocycles. The Balaban J connectivity index is 2.04. The van der Waals surface area contributed by atoms with Crippen LogP contribution in [0.25, 0.3) is 0 Å². The number of hydrogen-bond donors (Lipinski definition) is 1. The van der Waals surface area contributed by atoms with Crippen molar-refractivity contribution in [2.24, 2.45) is 4.99 Å². The molecule has 0 amide bonds. The van der Waals surface area contributed by atoms with Gasteiger partial charge in [-0.1, -0.05) is 24.8 Å². The minimum atomic E-state index is -3.71. The fourth-order valence-corrected chi connectivity index (χ4v) is 3.50. The molecule has 10 heteroatoms. The molecule has 0 aromatic heterocycles. The van der Waals surface area contributed by atoms with Gasteiger partial charge in [0, 0.05) is 17.7 Å². The van der Waals surface area contributed by atoms with Gasteiger partial charge in [0.1, 0.15) is 12.4 Å². The molecule has 9 nitrogen and oxygen atoms in total. The van der Waals surface area contributed by atoms with Gasteiger partial charge in [0.05, 0.1) is 21.9 Å². The first-order valence-electron chi connectivity index (χ1n) is 7.78. The van der Waals surface area contributed by atoms with Crippen molar-refractivity contribution in [3.05, 3.63) is 75.2 Å². The summed E-state index contributed by atoms with van der Waals surface area (Å²) in [6.45, 7) is 5.11. The van der Waals surface area contributed by atoms with Gasteiger partial charge in [-0.2, -0.15) is 0 Å². The predicted octanol–water partition coefficient (Wildman–Crippen LogP) is 2.10. The highest BCUT2D eigenvalue weighted by atomic mass is 32.2. The van der Waals surface area contributed by atoms with Gasteiger partial charge in [0.15, 0.2) is 0 Å². The van der Waals surface area contributed by atoms with E-state index in [9.17, 15) is 23.3 Å². The molecule has 0 atom stereocenters. The van der Waals surface area contributed by atoms with Crippen LogP contribution < -0.4 is 4.72 Å². The summed E-state index contributed by atoms with van der Waals surface area (Å²) in [6, 6.07) is 5.16. The Labute approximate surface area is 156 Å². The quantitative estimate of drug-likeness (QED) is 0.328.